The summed E-state index contributed by atoms with van der Waals surface area (Å²) in [6.07, 6.45) is 11.8. The Morgan fingerprint density at radius 1 is 1.33 bits per heavy atom. The number of unbranched alkanes of at least 4 members (excludes halogenated alkanes) is 1. The van der Waals surface area contributed by atoms with Crippen LogP contribution < -0.4 is 0 Å². The third kappa shape index (κ3) is 5.66. The van der Waals surface area contributed by atoms with Crippen LogP contribution in [0.5, 0.6) is 0 Å². The zero-order valence-corrected chi connectivity index (χ0v) is 7.96. The fraction of sp³-hybridized carbons (Fsp3) is 0.364. The van der Waals surface area contributed by atoms with Gasteiger partial charge in [-0.05, 0) is 32.8 Å². The van der Waals surface area contributed by atoms with Gasteiger partial charge in [-0.15, -0.1) is 6.58 Å². The Balaban J connectivity index is 3.86. The van der Waals surface area contributed by atoms with Crippen molar-refractivity contribution in [3.8, 4) is 0 Å². The summed E-state index contributed by atoms with van der Waals surface area (Å²) in [5.41, 5.74) is 1.02. The Kier molecular flexibility index (Phi) is 7.25. The van der Waals surface area contributed by atoms with Crippen molar-refractivity contribution in [2.75, 3.05) is 0 Å². The van der Waals surface area contributed by atoms with Gasteiger partial charge in [0.05, 0.1) is 5.70 Å². The summed E-state index contributed by atoms with van der Waals surface area (Å²) < 4.78 is 0. The summed E-state index contributed by atoms with van der Waals surface area (Å²) in [6, 6.07) is 0. The van der Waals surface area contributed by atoms with Gasteiger partial charge in [-0.1, -0.05) is 18.2 Å². The molecule has 0 aromatic heterocycles. The molecule has 0 aromatic carbocycles. The topological polar surface area (TPSA) is 12.4 Å². The molecule has 0 fully saturated rings. The van der Waals surface area contributed by atoms with Gasteiger partial charge in [0.25, 0.3) is 0 Å². The van der Waals surface area contributed by atoms with Gasteiger partial charge in [-0.3, -0.25) is 4.99 Å². The van der Waals surface area contributed by atoms with E-state index in [1.54, 1.807) is 0 Å². The molecule has 0 N–H and O–H groups in total. The van der Waals surface area contributed by atoms with Crippen molar-refractivity contribution in [3.63, 3.8) is 0 Å². The van der Waals surface area contributed by atoms with Crippen molar-refractivity contribution in [2.45, 2.75) is 26.7 Å². The molecule has 12 heavy (non-hydrogen) atoms. The molecule has 0 aliphatic heterocycles. The van der Waals surface area contributed by atoms with Gasteiger partial charge in [-0.25, -0.2) is 0 Å². The maximum absolute atomic E-state index is 4.27. The van der Waals surface area contributed by atoms with Crippen molar-refractivity contribution in [2.24, 2.45) is 4.99 Å². The van der Waals surface area contributed by atoms with Gasteiger partial charge in [0.15, 0.2) is 0 Å². The standard InChI is InChI=1S/C11H17N/c1-4-7-8-10-12-11(6-3)9-5-2/h4-6,9-10H,1,7-8H2,2-3H3/b9-5+,11-6-,12-10-. The molecular weight excluding hydrogens is 146 g/mol. The summed E-state index contributed by atoms with van der Waals surface area (Å²) in [5, 5.41) is 0. The van der Waals surface area contributed by atoms with E-state index in [1.807, 2.05) is 44.4 Å². The van der Waals surface area contributed by atoms with E-state index in [4.69, 9.17) is 0 Å². The van der Waals surface area contributed by atoms with Crippen LogP contribution in [0.4, 0.5) is 0 Å². The van der Waals surface area contributed by atoms with Gasteiger partial charge in [0.1, 0.15) is 0 Å². The van der Waals surface area contributed by atoms with E-state index in [1.165, 1.54) is 0 Å². The molecule has 1 nitrogen and oxygen atoms in total. The van der Waals surface area contributed by atoms with Crippen LogP contribution in [-0.2, 0) is 0 Å². The van der Waals surface area contributed by atoms with Crippen LogP contribution in [0.25, 0.3) is 0 Å². The van der Waals surface area contributed by atoms with Gasteiger partial charge in [0.2, 0.25) is 0 Å². The predicted molar refractivity (Wildman–Crippen MR) is 56.5 cm³/mol. The Hall–Kier alpha value is -1.11. The summed E-state index contributed by atoms with van der Waals surface area (Å²) in [4.78, 5) is 4.27. The van der Waals surface area contributed by atoms with Crippen LogP contribution >= 0.6 is 0 Å². The Labute approximate surface area is 75.2 Å². The smallest absolute Gasteiger partial charge is 0.0579 e. The van der Waals surface area contributed by atoms with Crippen molar-refractivity contribution in [3.05, 3.63) is 36.6 Å². The van der Waals surface area contributed by atoms with E-state index in [2.05, 4.69) is 11.6 Å². The van der Waals surface area contributed by atoms with E-state index in [0.717, 1.165) is 18.5 Å². The van der Waals surface area contributed by atoms with Crippen LogP contribution in [0.3, 0.4) is 0 Å². The van der Waals surface area contributed by atoms with Crippen molar-refractivity contribution in [1.29, 1.82) is 0 Å². The van der Waals surface area contributed by atoms with Gasteiger partial charge in [0, 0.05) is 6.21 Å². The van der Waals surface area contributed by atoms with E-state index < -0.39 is 0 Å². The third-order valence-corrected chi connectivity index (χ3v) is 1.37. The first kappa shape index (κ1) is 10.9. The van der Waals surface area contributed by atoms with E-state index >= 15 is 0 Å². The molecule has 0 spiro atoms. The van der Waals surface area contributed by atoms with Gasteiger partial charge in [-0.2, -0.15) is 0 Å². The van der Waals surface area contributed by atoms with Gasteiger partial charge >= 0.3 is 0 Å². The Morgan fingerprint density at radius 3 is 2.58 bits per heavy atom. The number of allylic oxidation sites excluding steroid dienone is 4. The largest absolute Gasteiger partial charge is 0.262 e. The molecule has 0 heterocycles. The molecule has 0 aliphatic carbocycles. The second kappa shape index (κ2) is 7.99. The first-order chi connectivity index (χ1) is 5.85. The summed E-state index contributed by atoms with van der Waals surface area (Å²) in [6.45, 7) is 7.62. The first-order valence-corrected chi connectivity index (χ1v) is 4.27. The molecule has 66 valence electrons. The molecule has 0 bridgehead atoms. The molecule has 0 amide bonds. The first-order valence-electron chi connectivity index (χ1n) is 4.27. The maximum Gasteiger partial charge on any atom is 0.0579 e. The highest BCUT2D eigenvalue weighted by atomic mass is 14.7. The molecule has 0 saturated carbocycles. The lowest BCUT2D eigenvalue weighted by Crippen LogP contribution is -1.76. The fourth-order valence-corrected chi connectivity index (χ4v) is 0.747. The SMILES string of the molecule is C=CCC\C=N/C(=C\C)/C=C/C. The molecular formula is C11H17N. The lowest BCUT2D eigenvalue weighted by atomic mass is 10.3. The summed E-state index contributed by atoms with van der Waals surface area (Å²) in [5.74, 6) is 0. The molecule has 0 atom stereocenters. The summed E-state index contributed by atoms with van der Waals surface area (Å²) in [7, 11) is 0. The van der Waals surface area contributed by atoms with Crippen LogP contribution in [-0.4, -0.2) is 6.21 Å². The number of hydrogen-bond acceptors (Lipinski definition) is 1. The minimum Gasteiger partial charge on any atom is -0.262 e. The number of nitrogens with zero attached hydrogens (tertiary/aromatic N) is 1. The van der Waals surface area contributed by atoms with Crippen LogP contribution in [0.1, 0.15) is 26.7 Å². The highest BCUT2D eigenvalue weighted by Crippen LogP contribution is 1.98. The third-order valence-electron chi connectivity index (χ3n) is 1.37. The second-order valence-electron chi connectivity index (χ2n) is 2.39. The quantitative estimate of drug-likeness (QED) is 0.254. The monoisotopic (exact) mass is 163 g/mol. The zero-order chi connectivity index (χ0) is 9.23. The Morgan fingerprint density at radius 2 is 2.08 bits per heavy atom. The second-order valence-corrected chi connectivity index (χ2v) is 2.39. The predicted octanol–water partition coefficient (Wildman–Crippen LogP) is 3.50. The van der Waals surface area contributed by atoms with E-state index in [0.29, 0.717) is 0 Å². The minimum absolute atomic E-state index is 0.971. The number of hydrogen-bond donors (Lipinski definition) is 0. The van der Waals surface area contributed by atoms with Crippen LogP contribution in [0.15, 0.2) is 41.6 Å². The van der Waals surface area contributed by atoms with Crippen LogP contribution in [0, 0.1) is 0 Å². The van der Waals surface area contributed by atoms with Crippen molar-refractivity contribution < 1.29 is 0 Å². The molecule has 0 rings (SSSR count). The molecule has 0 aromatic rings. The maximum atomic E-state index is 4.27. The average molecular weight is 163 g/mol. The number of aliphatic imine (C=N–C) groups is 1. The molecule has 0 radical (unpaired) electrons. The molecule has 0 unspecified atom stereocenters. The van der Waals surface area contributed by atoms with E-state index in [9.17, 15) is 0 Å². The Bertz CT molecular complexity index is 197. The normalized spacial score (nSPS) is 13.0. The molecule has 0 aliphatic rings. The highest BCUT2D eigenvalue weighted by Gasteiger charge is 1.81. The average Bonchev–Trinajstić information content (AvgIpc) is 2.10. The highest BCUT2D eigenvalue weighted by molar-refractivity contribution is 5.59. The summed E-state index contributed by atoms with van der Waals surface area (Å²) >= 11 is 0. The van der Waals surface area contributed by atoms with Crippen molar-refractivity contribution in [1.82, 2.24) is 0 Å². The number of rotatable bonds is 5. The van der Waals surface area contributed by atoms with E-state index in [-0.39, 0.29) is 0 Å². The van der Waals surface area contributed by atoms with Gasteiger partial charge < -0.3 is 0 Å². The zero-order valence-electron chi connectivity index (χ0n) is 7.96. The van der Waals surface area contributed by atoms with Crippen molar-refractivity contribution >= 4 is 6.21 Å². The fourth-order valence-electron chi connectivity index (χ4n) is 0.747. The molecule has 1 heteroatoms. The minimum atomic E-state index is 0.971. The lowest BCUT2D eigenvalue weighted by Gasteiger charge is -1.90. The lowest BCUT2D eigenvalue weighted by molar-refractivity contribution is 1.12. The van der Waals surface area contributed by atoms with Crippen LogP contribution in [0.2, 0.25) is 0 Å². The molecule has 0 saturated heterocycles.